The normalized spacial score (nSPS) is 11.3. The van der Waals surface area contributed by atoms with Gasteiger partial charge in [-0.2, -0.15) is 0 Å². The Bertz CT molecular complexity index is 695. The zero-order valence-corrected chi connectivity index (χ0v) is 11.9. The monoisotopic (exact) mass is 301 g/mol. The fourth-order valence-electron chi connectivity index (χ4n) is 1.51. The SMILES string of the molecule is COc1ccc(F)cc1NS(=O)(=O)c1ccc(C)s1. The third-order valence-electron chi connectivity index (χ3n) is 2.39. The minimum atomic E-state index is -3.72. The number of sulfonamides is 1. The Morgan fingerprint density at radius 3 is 2.58 bits per heavy atom. The van der Waals surface area contributed by atoms with Gasteiger partial charge in [-0.3, -0.25) is 4.72 Å². The van der Waals surface area contributed by atoms with Crippen molar-refractivity contribution < 1.29 is 17.5 Å². The topological polar surface area (TPSA) is 55.4 Å². The maximum atomic E-state index is 13.2. The summed E-state index contributed by atoms with van der Waals surface area (Å²) in [4.78, 5) is 0.881. The first-order chi connectivity index (χ1) is 8.92. The minimum Gasteiger partial charge on any atom is -0.495 e. The van der Waals surface area contributed by atoms with E-state index in [1.807, 2.05) is 6.92 Å². The summed E-state index contributed by atoms with van der Waals surface area (Å²) < 4.78 is 44.9. The molecule has 102 valence electrons. The van der Waals surface area contributed by atoms with E-state index in [-0.39, 0.29) is 15.6 Å². The number of rotatable bonds is 4. The molecule has 19 heavy (non-hydrogen) atoms. The van der Waals surface area contributed by atoms with Crippen molar-refractivity contribution in [2.24, 2.45) is 0 Å². The molecule has 0 fully saturated rings. The first kappa shape index (κ1) is 13.8. The van der Waals surface area contributed by atoms with Crippen LogP contribution in [0.2, 0.25) is 0 Å². The van der Waals surface area contributed by atoms with Crippen LogP contribution in [-0.4, -0.2) is 15.5 Å². The molecule has 1 aromatic carbocycles. The number of halogens is 1. The van der Waals surface area contributed by atoms with Gasteiger partial charge in [0.2, 0.25) is 0 Å². The molecule has 0 atom stereocenters. The van der Waals surface area contributed by atoms with Crippen LogP contribution in [0.4, 0.5) is 10.1 Å². The van der Waals surface area contributed by atoms with Gasteiger partial charge in [-0.05, 0) is 31.2 Å². The van der Waals surface area contributed by atoms with Gasteiger partial charge in [-0.25, -0.2) is 12.8 Å². The zero-order valence-electron chi connectivity index (χ0n) is 10.3. The molecule has 2 aromatic rings. The van der Waals surface area contributed by atoms with Gasteiger partial charge in [0.1, 0.15) is 15.8 Å². The first-order valence-electron chi connectivity index (χ1n) is 5.35. The van der Waals surface area contributed by atoms with E-state index in [0.717, 1.165) is 22.3 Å². The van der Waals surface area contributed by atoms with Crippen LogP contribution in [0.3, 0.4) is 0 Å². The smallest absolute Gasteiger partial charge is 0.271 e. The number of aryl methyl sites for hydroxylation is 1. The average Bonchev–Trinajstić information content (AvgIpc) is 2.76. The summed E-state index contributed by atoms with van der Waals surface area (Å²) >= 11 is 1.15. The molecule has 4 nitrogen and oxygen atoms in total. The molecule has 0 aliphatic heterocycles. The number of benzene rings is 1. The van der Waals surface area contributed by atoms with Crippen LogP contribution >= 0.6 is 11.3 Å². The third kappa shape index (κ3) is 3.05. The molecule has 0 unspecified atom stereocenters. The van der Waals surface area contributed by atoms with E-state index in [1.54, 1.807) is 6.07 Å². The Kier molecular flexibility index (Phi) is 3.77. The molecular formula is C12H12FNO3S2. The number of ether oxygens (including phenoxy) is 1. The predicted octanol–water partition coefficient (Wildman–Crippen LogP) is 3.01. The van der Waals surface area contributed by atoms with E-state index in [2.05, 4.69) is 4.72 Å². The quantitative estimate of drug-likeness (QED) is 0.944. The van der Waals surface area contributed by atoms with Crippen molar-refractivity contribution in [2.45, 2.75) is 11.1 Å². The van der Waals surface area contributed by atoms with Gasteiger partial charge in [0, 0.05) is 10.9 Å². The van der Waals surface area contributed by atoms with E-state index in [1.165, 1.54) is 25.3 Å². The number of methoxy groups -OCH3 is 1. The van der Waals surface area contributed by atoms with Gasteiger partial charge >= 0.3 is 0 Å². The van der Waals surface area contributed by atoms with Gasteiger partial charge in [0.15, 0.2) is 0 Å². The van der Waals surface area contributed by atoms with Gasteiger partial charge in [0.05, 0.1) is 12.8 Å². The van der Waals surface area contributed by atoms with E-state index in [9.17, 15) is 12.8 Å². The molecule has 1 heterocycles. The van der Waals surface area contributed by atoms with Crippen molar-refractivity contribution in [3.63, 3.8) is 0 Å². The molecule has 0 radical (unpaired) electrons. The van der Waals surface area contributed by atoms with E-state index in [4.69, 9.17) is 4.74 Å². The Hall–Kier alpha value is -1.60. The predicted molar refractivity (Wildman–Crippen MR) is 72.8 cm³/mol. The summed E-state index contributed by atoms with van der Waals surface area (Å²) in [6, 6.07) is 6.87. The summed E-state index contributed by atoms with van der Waals surface area (Å²) in [6.45, 7) is 1.81. The van der Waals surface area contributed by atoms with E-state index >= 15 is 0 Å². The maximum absolute atomic E-state index is 13.2. The highest BCUT2D eigenvalue weighted by Crippen LogP contribution is 2.29. The van der Waals surface area contributed by atoms with Crippen LogP contribution in [-0.2, 0) is 10.0 Å². The molecule has 7 heteroatoms. The second-order valence-electron chi connectivity index (χ2n) is 3.82. The highest BCUT2D eigenvalue weighted by atomic mass is 32.2. The van der Waals surface area contributed by atoms with Crippen molar-refractivity contribution in [1.29, 1.82) is 0 Å². The molecule has 2 rings (SSSR count). The Balaban J connectivity index is 2.38. The largest absolute Gasteiger partial charge is 0.495 e. The van der Waals surface area contributed by atoms with E-state index in [0.29, 0.717) is 0 Å². The summed E-state index contributed by atoms with van der Waals surface area (Å²) in [5.41, 5.74) is 0.0774. The Morgan fingerprint density at radius 1 is 1.26 bits per heavy atom. The highest BCUT2D eigenvalue weighted by molar-refractivity contribution is 7.94. The lowest BCUT2D eigenvalue weighted by atomic mass is 10.3. The molecule has 0 saturated carbocycles. The summed E-state index contributed by atoms with van der Waals surface area (Å²) in [6.07, 6.45) is 0. The lowest BCUT2D eigenvalue weighted by Crippen LogP contribution is -2.12. The molecule has 0 amide bonds. The molecule has 0 bridgehead atoms. The molecule has 0 saturated heterocycles. The van der Waals surface area contributed by atoms with Crippen molar-refractivity contribution in [2.75, 3.05) is 11.8 Å². The molecular weight excluding hydrogens is 289 g/mol. The lowest BCUT2D eigenvalue weighted by Gasteiger charge is -2.10. The van der Waals surface area contributed by atoms with Crippen LogP contribution in [0, 0.1) is 12.7 Å². The second kappa shape index (κ2) is 5.18. The van der Waals surface area contributed by atoms with Gasteiger partial charge < -0.3 is 4.74 Å². The molecule has 0 spiro atoms. The molecule has 1 aromatic heterocycles. The lowest BCUT2D eigenvalue weighted by molar-refractivity contribution is 0.416. The fourth-order valence-corrected chi connectivity index (χ4v) is 3.86. The van der Waals surface area contributed by atoms with Gasteiger partial charge in [-0.15, -0.1) is 11.3 Å². The summed E-state index contributed by atoms with van der Waals surface area (Å²) in [5, 5.41) is 0. The minimum absolute atomic E-state index is 0.0774. The average molecular weight is 301 g/mol. The van der Waals surface area contributed by atoms with Crippen molar-refractivity contribution >= 4 is 27.0 Å². The number of nitrogens with one attached hydrogen (secondary N) is 1. The number of anilines is 1. The Morgan fingerprint density at radius 2 is 2.00 bits per heavy atom. The molecule has 0 aliphatic rings. The van der Waals surface area contributed by atoms with E-state index < -0.39 is 15.8 Å². The van der Waals surface area contributed by atoms with Crippen LogP contribution in [0.25, 0.3) is 0 Å². The highest BCUT2D eigenvalue weighted by Gasteiger charge is 2.18. The Labute approximate surface area is 114 Å². The van der Waals surface area contributed by atoms with Crippen molar-refractivity contribution in [3.05, 3.63) is 41.0 Å². The zero-order chi connectivity index (χ0) is 14.0. The maximum Gasteiger partial charge on any atom is 0.271 e. The summed E-state index contributed by atoms with van der Waals surface area (Å²) in [5.74, 6) is -0.279. The van der Waals surface area contributed by atoms with Crippen molar-refractivity contribution in [3.8, 4) is 5.75 Å². The van der Waals surface area contributed by atoms with Crippen LogP contribution in [0.5, 0.6) is 5.75 Å². The fraction of sp³-hybridized carbons (Fsp3) is 0.167. The van der Waals surface area contributed by atoms with Crippen LogP contribution < -0.4 is 9.46 Å². The first-order valence-corrected chi connectivity index (χ1v) is 7.65. The number of hydrogen-bond acceptors (Lipinski definition) is 4. The molecule has 1 N–H and O–H groups in total. The third-order valence-corrected chi connectivity index (χ3v) is 5.24. The van der Waals surface area contributed by atoms with Crippen LogP contribution in [0.15, 0.2) is 34.5 Å². The van der Waals surface area contributed by atoms with Gasteiger partial charge in [0.25, 0.3) is 10.0 Å². The van der Waals surface area contributed by atoms with Gasteiger partial charge in [-0.1, -0.05) is 0 Å². The van der Waals surface area contributed by atoms with Crippen LogP contribution in [0.1, 0.15) is 4.88 Å². The molecule has 0 aliphatic carbocycles. The number of hydrogen-bond donors (Lipinski definition) is 1. The number of thiophene rings is 1. The second-order valence-corrected chi connectivity index (χ2v) is 7.01. The van der Waals surface area contributed by atoms with Crippen molar-refractivity contribution in [1.82, 2.24) is 0 Å². The summed E-state index contributed by atoms with van der Waals surface area (Å²) in [7, 11) is -2.33. The standard InChI is InChI=1S/C12H12FNO3S2/c1-8-3-6-12(18-8)19(15,16)14-10-7-9(13)4-5-11(10)17-2/h3-7,14H,1-2H3.